The number of Topliss-reactive ketones (excluding diaryl/α,β-unsaturated/α-hetero) is 1. The first-order valence-corrected chi connectivity index (χ1v) is 7.43. The largest absolute Gasteiger partial charge is 0.506 e. The highest BCUT2D eigenvalue weighted by molar-refractivity contribution is 9.10. The van der Waals surface area contributed by atoms with E-state index in [2.05, 4.69) is 15.9 Å². The van der Waals surface area contributed by atoms with Gasteiger partial charge in [0.2, 0.25) is 0 Å². The Morgan fingerprint density at radius 1 is 1.27 bits per heavy atom. The number of nitro groups is 1. The van der Waals surface area contributed by atoms with Crippen LogP contribution in [-0.4, -0.2) is 15.8 Å². The van der Waals surface area contributed by atoms with Crippen molar-refractivity contribution in [2.75, 3.05) is 0 Å². The topological polar surface area (TPSA) is 80.4 Å². The highest BCUT2D eigenvalue weighted by Gasteiger charge is 2.14. The average molecular weight is 364 g/mol. The Labute approximate surface area is 135 Å². The molecule has 0 aliphatic heterocycles. The number of halogens is 1. The van der Waals surface area contributed by atoms with E-state index >= 15 is 0 Å². The van der Waals surface area contributed by atoms with Crippen LogP contribution in [0.4, 0.5) is 5.69 Å². The van der Waals surface area contributed by atoms with Crippen molar-refractivity contribution in [3.8, 4) is 5.75 Å². The quantitative estimate of drug-likeness (QED) is 0.490. The number of hydrogen-bond acceptors (Lipinski definition) is 4. The van der Waals surface area contributed by atoms with E-state index < -0.39 is 4.92 Å². The average Bonchev–Trinajstić information content (AvgIpc) is 2.48. The van der Waals surface area contributed by atoms with E-state index in [9.17, 15) is 20.0 Å². The number of non-ortho nitro benzene ring substituents is 1. The maximum atomic E-state index is 12.2. The number of hydrogen-bond donors (Lipinski definition) is 1. The van der Waals surface area contributed by atoms with Crippen LogP contribution in [0.5, 0.6) is 5.75 Å². The molecule has 0 saturated carbocycles. The minimum Gasteiger partial charge on any atom is -0.506 e. The van der Waals surface area contributed by atoms with Crippen LogP contribution in [0.15, 0.2) is 40.9 Å². The summed E-state index contributed by atoms with van der Waals surface area (Å²) < 4.78 is 0.492. The second-order valence-electron chi connectivity index (χ2n) is 4.99. The van der Waals surface area contributed by atoms with Gasteiger partial charge in [-0.2, -0.15) is 0 Å². The molecule has 0 bridgehead atoms. The molecule has 2 aromatic carbocycles. The van der Waals surface area contributed by atoms with E-state index in [1.807, 2.05) is 6.92 Å². The second kappa shape index (κ2) is 6.70. The summed E-state index contributed by atoms with van der Waals surface area (Å²) >= 11 is 3.22. The molecule has 0 aromatic heterocycles. The monoisotopic (exact) mass is 363 g/mol. The number of aromatic hydroxyl groups is 1. The number of rotatable bonds is 5. The molecule has 2 rings (SSSR count). The first kappa shape index (κ1) is 16.2. The Balaban J connectivity index is 2.08. The van der Waals surface area contributed by atoms with Gasteiger partial charge in [-0.3, -0.25) is 14.9 Å². The normalized spacial score (nSPS) is 10.5. The summed E-state index contributed by atoms with van der Waals surface area (Å²) in [6.07, 6.45) is 0.684. The van der Waals surface area contributed by atoms with Crippen LogP contribution in [0, 0.1) is 17.0 Å². The number of phenolic OH excluding ortho intramolecular Hbond substituents is 1. The van der Waals surface area contributed by atoms with E-state index in [1.165, 1.54) is 12.1 Å². The van der Waals surface area contributed by atoms with Gasteiger partial charge in [0.25, 0.3) is 5.69 Å². The third-order valence-corrected chi connectivity index (χ3v) is 3.90. The SMILES string of the molecule is Cc1cc(Br)c(O)c(C(=O)CCc2ccc([N+](=O)[O-])cc2)c1. The molecule has 0 spiro atoms. The number of carbonyl (C=O) groups is 1. The number of carbonyl (C=O) groups excluding carboxylic acids is 1. The van der Waals surface area contributed by atoms with Crippen molar-refractivity contribution in [3.05, 3.63) is 67.7 Å². The van der Waals surface area contributed by atoms with Gasteiger partial charge in [-0.1, -0.05) is 12.1 Å². The molecule has 0 radical (unpaired) electrons. The van der Waals surface area contributed by atoms with Gasteiger partial charge >= 0.3 is 0 Å². The molecule has 6 heteroatoms. The molecule has 114 valence electrons. The van der Waals surface area contributed by atoms with Crippen LogP contribution in [0.2, 0.25) is 0 Å². The molecule has 0 saturated heterocycles. The summed E-state index contributed by atoms with van der Waals surface area (Å²) in [7, 11) is 0. The summed E-state index contributed by atoms with van der Waals surface area (Å²) in [5.41, 5.74) is 2.03. The van der Waals surface area contributed by atoms with Crippen molar-refractivity contribution in [1.29, 1.82) is 0 Å². The van der Waals surface area contributed by atoms with Gasteiger partial charge in [-0.05, 0) is 52.5 Å². The summed E-state index contributed by atoms with van der Waals surface area (Å²) in [6, 6.07) is 9.50. The van der Waals surface area contributed by atoms with Crippen LogP contribution in [0.3, 0.4) is 0 Å². The molecule has 22 heavy (non-hydrogen) atoms. The smallest absolute Gasteiger partial charge is 0.269 e. The standard InChI is InChI=1S/C16H14BrNO4/c1-10-8-13(16(20)14(17)9-10)15(19)7-4-11-2-5-12(6-3-11)18(21)22/h2-3,5-6,8-9,20H,4,7H2,1H3. The van der Waals surface area contributed by atoms with E-state index in [0.29, 0.717) is 10.9 Å². The maximum absolute atomic E-state index is 12.2. The zero-order valence-corrected chi connectivity index (χ0v) is 13.5. The summed E-state index contributed by atoms with van der Waals surface area (Å²) in [6.45, 7) is 1.84. The first-order valence-electron chi connectivity index (χ1n) is 6.64. The molecule has 0 heterocycles. The van der Waals surface area contributed by atoms with Crippen molar-refractivity contribution in [2.24, 2.45) is 0 Å². The highest BCUT2D eigenvalue weighted by Crippen LogP contribution is 2.30. The van der Waals surface area contributed by atoms with Gasteiger partial charge in [0.05, 0.1) is 15.0 Å². The lowest BCUT2D eigenvalue weighted by atomic mass is 10.0. The maximum Gasteiger partial charge on any atom is 0.269 e. The van der Waals surface area contributed by atoms with Crippen LogP contribution < -0.4 is 0 Å². The summed E-state index contributed by atoms with van der Waals surface area (Å²) in [5, 5.41) is 20.5. The molecule has 2 aromatic rings. The number of nitrogens with zero attached hydrogens (tertiary/aromatic N) is 1. The van der Waals surface area contributed by atoms with Gasteiger partial charge in [0.15, 0.2) is 5.78 Å². The molecular weight excluding hydrogens is 350 g/mol. The molecule has 1 N–H and O–H groups in total. The number of ketones is 1. The van der Waals surface area contributed by atoms with Crippen LogP contribution in [0.25, 0.3) is 0 Å². The molecule has 5 nitrogen and oxygen atoms in total. The van der Waals surface area contributed by atoms with Crippen LogP contribution in [-0.2, 0) is 6.42 Å². The van der Waals surface area contributed by atoms with Gasteiger partial charge in [-0.25, -0.2) is 0 Å². The Morgan fingerprint density at radius 3 is 2.50 bits per heavy atom. The zero-order chi connectivity index (χ0) is 16.3. The molecule has 0 aliphatic carbocycles. The number of nitro benzene ring substituents is 1. The molecule has 0 fully saturated rings. The van der Waals surface area contributed by atoms with Crippen LogP contribution in [0.1, 0.15) is 27.9 Å². The molecule has 0 amide bonds. The number of phenols is 1. The molecular formula is C16H14BrNO4. The molecule has 0 unspecified atom stereocenters. The van der Waals surface area contributed by atoms with Crippen molar-refractivity contribution in [3.63, 3.8) is 0 Å². The third kappa shape index (κ3) is 3.71. The van der Waals surface area contributed by atoms with Gasteiger partial charge in [0, 0.05) is 18.6 Å². The predicted molar refractivity (Wildman–Crippen MR) is 86.3 cm³/mol. The fraction of sp³-hybridized carbons (Fsp3) is 0.188. The summed E-state index contributed by atoms with van der Waals surface area (Å²) in [4.78, 5) is 22.4. The van der Waals surface area contributed by atoms with Crippen molar-refractivity contribution in [2.45, 2.75) is 19.8 Å². The number of benzene rings is 2. The Kier molecular flexibility index (Phi) is 4.92. The van der Waals surface area contributed by atoms with Gasteiger partial charge < -0.3 is 5.11 Å². The summed E-state index contributed by atoms with van der Waals surface area (Å²) in [5.74, 6) is -0.223. The lowest BCUT2D eigenvalue weighted by molar-refractivity contribution is -0.384. The Morgan fingerprint density at radius 2 is 1.91 bits per heavy atom. The van der Waals surface area contributed by atoms with E-state index in [-0.39, 0.29) is 29.2 Å². The second-order valence-corrected chi connectivity index (χ2v) is 5.84. The van der Waals surface area contributed by atoms with Gasteiger partial charge in [-0.15, -0.1) is 0 Å². The fourth-order valence-corrected chi connectivity index (χ4v) is 2.70. The first-order chi connectivity index (χ1) is 10.4. The lowest BCUT2D eigenvalue weighted by Gasteiger charge is -2.07. The fourth-order valence-electron chi connectivity index (χ4n) is 2.12. The zero-order valence-electron chi connectivity index (χ0n) is 11.9. The van der Waals surface area contributed by atoms with Gasteiger partial charge in [0.1, 0.15) is 5.75 Å². The Bertz CT molecular complexity index is 726. The third-order valence-electron chi connectivity index (χ3n) is 3.30. The lowest BCUT2D eigenvalue weighted by Crippen LogP contribution is -2.02. The molecule has 0 atom stereocenters. The minimum absolute atomic E-state index is 0.0235. The Hall–Kier alpha value is -2.21. The predicted octanol–water partition coefficient (Wildman–Crippen LogP) is 4.19. The highest BCUT2D eigenvalue weighted by atomic mass is 79.9. The minimum atomic E-state index is -0.461. The van der Waals surface area contributed by atoms with Crippen molar-refractivity contribution < 1.29 is 14.8 Å². The van der Waals surface area contributed by atoms with E-state index in [1.54, 1.807) is 24.3 Å². The van der Waals surface area contributed by atoms with Crippen molar-refractivity contribution >= 4 is 27.4 Å². The van der Waals surface area contributed by atoms with E-state index in [4.69, 9.17) is 0 Å². The number of aryl methyl sites for hydroxylation is 2. The van der Waals surface area contributed by atoms with E-state index in [0.717, 1.165) is 11.1 Å². The van der Waals surface area contributed by atoms with Crippen molar-refractivity contribution in [1.82, 2.24) is 0 Å². The van der Waals surface area contributed by atoms with Crippen LogP contribution >= 0.6 is 15.9 Å². The molecule has 0 aliphatic rings.